The molecule has 0 aromatic heterocycles. The lowest BCUT2D eigenvalue weighted by Crippen LogP contribution is -2.63. The van der Waals surface area contributed by atoms with Crippen LogP contribution < -0.4 is 21.3 Å². The molecule has 2 aromatic rings. The highest BCUT2D eigenvalue weighted by Crippen LogP contribution is 2.34. The van der Waals surface area contributed by atoms with E-state index >= 15 is 9.59 Å². The van der Waals surface area contributed by atoms with Gasteiger partial charge in [-0.1, -0.05) is 176 Å². The number of carbonyl (C=O) groups excluding carboxylic acids is 11. The number of nitrogens with zero attached hydrogens (tertiary/aromatic N) is 8. The number of rotatable bonds is 18. The molecule has 1 aliphatic carbocycles. The third-order valence-electron chi connectivity index (χ3n) is 19.9. The average Bonchev–Trinajstić information content (AvgIpc) is 1.80. The highest BCUT2D eigenvalue weighted by atomic mass is 35.5. The fourth-order valence-corrected chi connectivity index (χ4v) is 13.5. The number of benzene rings is 2. The number of halogens is 1. The van der Waals surface area contributed by atoms with E-state index < -0.39 is 156 Å². The van der Waals surface area contributed by atoms with E-state index in [4.69, 9.17) is 0 Å². The van der Waals surface area contributed by atoms with Gasteiger partial charge in [-0.25, -0.2) is 0 Å². The largest absolute Gasteiger partial charge is 0.390 e. The Morgan fingerprint density at radius 2 is 0.925 bits per heavy atom. The molecule has 2 aromatic carbocycles. The van der Waals surface area contributed by atoms with Crippen LogP contribution in [0.25, 0.3) is 17.7 Å². The second kappa shape index (κ2) is 44.5. The maximum Gasteiger partial charge on any atom is 0.246 e. The molecule has 107 heavy (non-hydrogen) atoms. The normalized spacial score (nSPS) is 23.9. The second-order valence-corrected chi connectivity index (χ2v) is 31.8. The summed E-state index contributed by atoms with van der Waals surface area (Å²) in [5.74, 6) is -9.71. The highest BCUT2D eigenvalue weighted by molar-refractivity contribution is 6.00. The summed E-state index contributed by atoms with van der Waals surface area (Å²) in [7, 11) is 14.2. The molecule has 24 nitrogen and oxygen atoms in total. The summed E-state index contributed by atoms with van der Waals surface area (Å²) in [6.45, 7) is 30.4. The Kier molecular flexibility index (Phi) is 39.6. The van der Waals surface area contributed by atoms with Crippen molar-refractivity contribution in [2.24, 2.45) is 41.4 Å². The van der Waals surface area contributed by atoms with Crippen molar-refractivity contribution < 1.29 is 57.8 Å². The van der Waals surface area contributed by atoms with Crippen LogP contribution in [0.4, 0.5) is 0 Å². The van der Waals surface area contributed by atoms with Gasteiger partial charge in [0.2, 0.25) is 65.0 Å². The molecule has 0 spiro atoms. The summed E-state index contributed by atoms with van der Waals surface area (Å²) in [6, 6.07) is 4.97. The lowest BCUT2D eigenvalue weighted by Gasteiger charge is -2.41. The molecule has 12 atom stereocenters. The van der Waals surface area contributed by atoms with Gasteiger partial charge in [0.15, 0.2) is 0 Å². The van der Waals surface area contributed by atoms with Crippen molar-refractivity contribution in [3.63, 3.8) is 0 Å². The van der Waals surface area contributed by atoms with Gasteiger partial charge < -0.3 is 65.6 Å². The molecule has 1 fully saturated rings. The van der Waals surface area contributed by atoms with Crippen LogP contribution in [0.3, 0.4) is 0 Å². The number of amides is 11. The van der Waals surface area contributed by atoms with Gasteiger partial charge in [-0.15, -0.1) is 12.4 Å². The molecule has 1 saturated heterocycles. The molecule has 12 unspecified atom stereocenters. The molecule has 2 aliphatic rings. The zero-order valence-electron chi connectivity index (χ0n) is 69.2. The zero-order chi connectivity index (χ0) is 80.6. The minimum atomic E-state index is -1.61. The van der Waals surface area contributed by atoms with E-state index in [-0.39, 0.29) is 68.2 Å². The lowest BCUT2D eigenvalue weighted by molar-refractivity contribution is -0.157. The van der Waals surface area contributed by atoms with Crippen LogP contribution >= 0.6 is 12.4 Å². The van der Waals surface area contributed by atoms with Gasteiger partial charge in [-0.2, -0.15) is 0 Å². The van der Waals surface area contributed by atoms with E-state index in [1.165, 1.54) is 116 Å². The molecule has 0 radical (unpaired) electrons. The third kappa shape index (κ3) is 27.0. The number of nitrogens with one attached hydrogen (secondary N) is 4. The number of carbonyl (C=O) groups is 11. The molecule has 5 N–H and O–H groups in total. The van der Waals surface area contributed by atoms with Gasteiger partial charge in [-0.3, -0.25) is 52.7 Å². The molecular formula is C82H133ClN12O12. The van der Waals surface area contributed by atoms with Crippen molar-refractivity contribution in [3.05, 3.63) is 89.0 Å². The second-order valence-electron chi connectivity index (χ2n) is 31.8. The number of likely N-dealkylation sites (N-methyl/N-ethyl adjacent to an activating group) is 7. The van der Waals surface area contributed by atoms with Crippen molar-refractivity contribution in [1.29, 1.82) is 0 Å². The molecule has 1 aliphatic heterocycles. The Hall–Kier alpha value is -7.96. The van der Waals surface area contributed by atoms with Crippen molar-refractivity contribution in [1.82, 2.24) is 60.5 Å². The minimum Gasteiger partial charge on any atom is -0.390 e. The first-order chi connectivity index (χ1) is 49.5. The van der Waals surface area contributed by atoms with Crippen molar-refractivity contribution >= 4 is 95.1 Å². The number of aliphatic hydroxyl groups is 1. The Labute approximate surface area is 646 Å². The van der Waals surface area contributed by atoms with Gasteiger partial charge in [0.25, 0.3) is 0 Å². The maximum atomic E-state index is 15.1. The van der Waals surface area contributed by atoms with Crippen LogP contribution in [0, 0.1) is 41.4 Å². The van der Waals surface area contributed by atoms with E-state index in [2.05, 4.69) is 107 Å². The van der Waals surface area contributed by atoms with Crippen molar-refractivity contribution in [2.45, 2.75) is 229 Å². The van der Waals surface area contributed by atoms with Crippen molar-refractivity contribution in [3.8, 4) is 0 Å². The topological polar surface area (TPSA) is 282 Å². The molecule has 11 amide bonds. The summed E-state index contributed by atoms with van der Waals surface area (Å²) in [4.78, 5) is 171. The lowest BCUT2D eigenvalue weighted by atomic mass is 9.91. The van der Waals surface area contributed by atoms with Gasteiger partial charge in [0, 0.05) is 55.9 Å². The van der Waals surface area contributed by atoms with E-state index in [1.807, 2.05) is 61.5 Å². The van der Waals surface area contributed by atoms with Crippen LogP contribution in [0.2, 0.25) is 0 Å². The number of allylic oxidation sites excluding steroid dienone is 2. The number of hydrogen-bond acceptors (Lipinski definition) is 13. The van der Waals surface area contributed by atoms with Crippen LogP contribution in [-0.2, 0) is 52.7 Å². The van der Waals surface area contributed by atoms with Crippen LogP contribution in [0.1, 0.15) is 185 Å². The first-order valence-electron chi connectivity index (χ1n) is 38.0. The molecular weight excluding hydrogens is 1380 g/mol. The monoisotopic (exact) mass is 1510 g/mol. The quantitative estimate of drug-likeness (QED) is 0.0751. The predicted molar refractivity (Wildman–Crippen MR) is 428 cm³/mol. The van der Waals surface area contributed by atoms with E-state index in [0.717, 1.165) is 22.8 Å². The fraction of sp³-hybridized carbons (Fsp3) is 0.646. The number of hydrogen-bond donors (Lipinski definition) is 5. The Morgan fingerprint density at radius 1 is 0.495 bits per heavy atom. The van der Waals surface area contributed by atoms with Gasteiger partial charge in [0.05, 0.1) is 12.6 Å². The van der Waals surface area contributed by atoms with Crippen LogP contribution in [0.5, 0.6) is 0 Å². The smallest absolute Gasteiger partial charge is 0.246 e. The van der Waals surface area contributed by atoms with Gasteiger partial charge in [0.1, 0.15) is 60.4 Å². The van der Waals surface area contributed by atoms with E-state index in [0.29, 0.717) is 6.42 Å². The van der Waals surface area contributed by atoms with Gasteiger partial charge >= 0.3 is 0 Å². The van der Waals surface area contributed by atoms with Crippen LogP contribution in [-0.4, -0.2) is 252 Å². The average molecular weight is 1510 g/mol. The summed E-state index contributed by atoms with van der Waals surface area (Å²) >= 11 is 0. The molecule has 0 saturated carbocycles. The molecule has 1 heterocycles. The summed E-state index contributed by atoms with van der Waals surface area (Å²) < 4.78 is 0. The zero-order valence-corrected chi connectivity index (χ0v) is 70.0. The van der Waals surface area contributed by atoms with E-state index in [1.54, 1.807) is 54.5 Å². The standard InChI is InChI=1S/C62H111N11O12.C20H21N.ClH/c1-25-27-28-40(15)52(75)51-56(79)65-43(26-2)58(81)67(18)33-48(74)68(19)44(29-34(3)4)55(78)66-49(38(11)12)61(84)69(20)45(30-35(5)6)54(77)63-41(16)53(76)64-42(17)57(80)70(21)46(31-36(7)8)59(82)71(22)47(32-37(9)10)60(83)72(23)50(39(13)14)62(85)73(51)24;1-21(2)15-7-12-20-18-10-5-3-8-16(18)13-14-17-9-4-6-11-19(17)20;/h25,27,34-47,49-52,75H,26,28-33H2,1-24H3,(H,63,77)(H,64,76)(H,65,79)(H,66,78);3-6,8-14H,7,15H2,1-2H3;1H. The maximum absolute atomic E-state index is 15.1. The molecule has 4 rings (SSSR count). The Bertz CT molecular complexity index is 3350. The Morgan fingerprint density at radius 3 is 1.38 bits per heavy atom. The minimum absolute atomic E-state index is 0. The predicted octanol–water partition coefficient (Wildman–Crippen LogP) is 8.24. The molecule has 25 heteroatoms. The van der Waals surface area contributed by atoms with Crippen LogP contribution in [0.15, 0.2) is 66.8 Å². The fourth-order valence-electron chi connectivity index (χ4n) is 13.5. The number of aliphatic hydroxyl groups excluding tert-OH is 1. The first-order valence-corrected chi connectivity index (χ1v) is 38.0. The van der Waals surface area contributed by atoms with Gasteiger partial charge in [-0.05, 0) is 149 Å². The molecule has 600 valence electrons. The number of fused-ring (bicyclic) bond motifs is 2. The van der Waals surface area contributed by atoms with E-state index in [9.17, 15) is 48.3 Å². The summed E-state index contributed by atoms with van der Waals surface area (Å²) in [5.41, 5.74) is 6.61. The SMILES string of the molecule is CC=CCC(C)C(O)C1C(=O)NC(CC)C(=O)N(C)CC(=O)N(C)C(CC(C)C)C(=O)NC(C(C)C)C(=O)N(C)C(CC(C)C)C(=O)NC(C)C(=O)NC(C)C(=O)N(C)C(CC(C)C)C(=O)N(C)C(CC(C)C)C(=O)N(C)C(C(C)C)C(=O)N1C.CN(C)CCC=C1c2ccccc2C=Cc2ccccc21.Cl. The third-order valence-corrected chi connectivity index (χ3v) is 19.9. The first kappa shape index (κ1) is 95.1. The molecule has 0 bridgehead atoms. The summed E-state index contributed by atoms with van der Waals surface area (Å²) in [6.07, 6.45) is 10.9. The highest BCUT2D eigenvalue weighted by Gasteiger charge is 2.46. The van der Waals surface area contributed by atoms with Crippen molar-refractivity contribution in [2.75, 3.05) is 76.5 Å². The Balaban J connectivity index is 0.00000149. The summed E-state index contributed by atoms with van der Waals surface area (Å²) in [5, 5.41) is 23.1.